The number of oxazole rings is 1. The molecule has 2 aromatic rings. The Bertz CT molecular complexity index is 610. The Balaban J connectivity index is 2.15. The maximum absolute atomic E-state index is 12.1. The number of carbonyl (C=O) groups excluding carboxylic acids is 1. The van der Waals surface area contributed by atoms with E-state index in [1.54, 1.807) is 32.2 Å². The number of hydrogen-bond donors (Lipinski definition) is 2. The van der Waals surface area contributed by atoms with E-state index >= 15 is 0 Å². The molecule has 1 unspecified atom stereocenters. The molecule has 5 nitrogen and oxygen atoms in total. The highest BCUT2D eigenvalue weighted by Gasteiger charge is 2.17. The number of carbonyl (C=O) groups is 1. The summed E-state index contributed by atoms with van der Waals surface area (Å²) in [5.41, 5.74) is 6.46. The van der Waals surface area contributed by atoms with Crippen LogP contribution in [0.25, 0.3) is 0 Å². The van der Waals surface area contributed by atoms with Gasteiger partial charge in [-0.25, -0.2) is 4.98 Å². The second-order valence-electron chi connectivity index (χ2n) is 4.24. The van der Waals surface area contributed by atoms with Crippen LogP contribution in [0, 0.1) is 6.92 Å². The van der Waals surface area contributed by atoms with Gasteiger partial charge in [-0.3, -0.25) is 4.79 Å². The van der Waals surface area contributed by atoms with E-state index in [4.69, 9.17) is 21.8 Å². The van der Waals surface area contributed by atoms with Crippen LogP contribution >= 0.6 is 11.6 Å². The van der Waals surface area contributed by atoms with E-state index in [1.165, 1.54) is 6.07 Å². The van der Waals surface area contributed by atoms with Crippen LogP contribution in [0.3, 0.4) is 0 Å². The Labute approximate surface area is 115 Å². The number of nitrogens with two attached hydrogens (primary N) is 1. The fourth-order valence-corrected chi connectivity index (χ4v) is 1.81. The van der Waals surface area contributed by atoms with Gasteiger partial charge in [0.2, 0.25) is 5.89 Å². The molecule has 1 atom stereocenters. The van der Waals surface area contributed by atoms with E-state index in [9.17, 15) is 4.79 Å². The van der Waals surface area contributed by atoms with Crippen LogP contribution in [0.5, 0.6) is 0 Å². The first-order valence-corrected chi connectivity index (χ1v) is 6.13. The number of aryl methyl sites for hydroxylation is 1. The second-order valence-corrected chi connectivity index (χ2v) is 4.67. The number of halogens is 1. The number of nitrogen functional groups attached to an aromatic ring is 1. The first-order valence-electron chi connectivity index (χ1n) is 5.75. The summed E-state index contributed by atoms with van der Waals surface area (Å²) >= 11 is 5.85. The van der Waals surface area contributed by atoms with Gasteiger partial charge in [0.25, 0.3) is 5.91 Å². The molecule has 1 amide bonds. The van der Waals surface area contributed by atoms with Crippen LogP contribution < -0.4 is 11.1 Å². The fraction of sp³-hybridized carbons (Fsp3) is 0.231. The Kier molecular flexibility index (Phi) is 3.76. The number of hydrogen-bond acceptors (Lipinski definition) is 4. The summed E-state index contributed by atoms with van der Waals surface area (Å²) in [5, 5.41) is 3.22. The van der Waals surface area contributed by atoms with Crippen molar-refractivity contribution in [3.8, 4) is 0 Å². The van der Waals surface area contributed by atoms with Gasteiger partial charge in [0.1, 0.15) is 11.8 Å². The highest BCUT2D eigenvalue weighted by Crippen LogP contribution is 2.19. The van der Waals surface area contributed by atoms with Crippen LogP contribution in [0.15, 0.2) is 28.8 Å². The van der Waals surface area contributed by atoms with Crippen molar-refractivity contribution in [2.45, 2.75) is 19.9 Å². The van der Waals surface area contributed by atoms with Crippen LogP contribution in [-0.2, 0) is 0 Å². The van der Waals surface area contributed by atoms with Crippen LogP contribution in [0.1, 0.15) is 35.0 Å². The van der Waals surface area contributed by atoms with Gasteiger partial charge < -0.3 is 15.5 Å². The molecule has 100 valence electrons. The van der Waals surface area contributed by atoms with Crippen molar-refractivity contribution in [2.75, 3.05) is 5.73 Å². The highest BCUT2D eigenvalue weighted by molar-refractivity contribution is 6.31. The lowest BCUT2D eigenvalue weighted by Crippen LogP contribution is -2.27. The summed E-state index contributed by atoms with van der Waals surface area (Å²) in [6.07, 6.45) is 1.60. The molecule has 6 heteroatoms. The minimum absolute atomic E-state index is 0.316. The van der Waals surface area contributed by atoms with E-state index in [1.807, 2.05) is 0 Å². The number of anilines is 1. The molecule has 0 aliphatic rings. The highest BCUT2D eigenvalue weighted by atomic mass is 35.5. The number of aromatic nitrogens is 1. The van der Waals surface area contributed by atoms with E-state index < -0.39 is 0 Å². The van der Waals surface area contributed by atoms with Gasteiger partial charge in [-0.2, -0.15) is 0 Å². The summed E-state index contributed by atoms with van der Waals surface area (Å²) in [7, 11) is 0. The SMILES string of the molecule is Cc1cnc(C(C)NC(=O)c2cc(Cl)ccc2N)o1. The molecule has 1 aromatic carbocycles. The number of benzene rings is 1. The Morgan fingerprint density at radius 1 is 1.53 bits per heavy atom. The minimum Gasteiger partial charge on any atom is -0.444 e. The normalized spacial score (nSPS) is 12.2. The van der Waals surface area contributed by atoms with Crippen molar-refractivity contribution in [1.82, 2.24) is 10.3 Å². The van der Waals surface area contributed by atoms with Crippen molar-refractivity contribution in [3.63, 3.8) is 0 Å². The molecule has 0 aliphatic carbocycles. The molecule has 0 saturated heterocycles. The quantitative estimate of drug-likeness (QED) is 0.847. The van der Waals surface area contributed by atoms with E-state index in [0.29, 0.717) is 27.9 Å². The van der Waals surface area contributed by atoms with Crippen molar-refractivity contribution in [1.29, 1.82) is 0 Å². The second kappa shape index (κ2) is 5.32. The van der Waals surface area contributed by atoms with Crippen molar-refractivity contribution in [2.24, 2.45) is 0 Å². The Hall–Kier alpha value is -2.01. The van der Waals surface area contributed by atoms with E-state index in [0.717, 1.165) is 0 Å². The third-order valence-corrected chi connectivity index (χ3v) is 2.85. The lowest BCUT2D eigenvalue weighted by molar-refractivity contribution is 0.0935. The summed E-state index contributed by atoms with van der Waals surface area (Å²) < 4.78 is 5.35. The Morgan fingerprint density at radius 2 is 2.26 bits per heavy atom. The first kappa shape index (κ1) is 13.4. The third-order valence-electron chi connectivity index (χ3n) is 2.62. The molecule has 1 heterocycles. The van der Waals surface area contributed by atoms with Gasteiger partial charge >= 0.3 is 0 Å². The summed E-state index contributed by atoms with van der Waals surface area (Å²) in [4.78, 5) is 16.2. The molecule has 2 rings (SSSR count). The summed E-state index contributed by atoms with van der Waals surface area (Å²) in [6, 6.07) is 4.41. The monoisotopic (exact) mass is 279 g/mol. The lowest BCUT2D eigenvalue weighted by atomic mass is 10.1. The van der Waals surface area contributed by atoms with Gasteiger partial charge in [0.15, 0.2) is 0 Å². The van der Waals surface area contributed by atoms with Crippen molar-refractivity contribution < 1.29 is 9.21 Å². The zero-order valence-corrected chi connectivity index (χ0v) is 11.4. The molecular weight excluding hydrogens is 266 g/mol. The summed E-state index contributed by atoms with van der Waals surface area (Å²) in [5.74, 6) is 0.827. The molecule has 19 heavy (non-hydrogen) atoms. The fourth-order valence-electron chi connectivity index (χ4n) is 1.63. The van der Waals surface area contributed by atoms with Gasteiger partial charge in [-0.15, -0.1) is 0 Å². The standard InChI is InChI=1S/C13H14ClN3O2/c1-7-6-16-13(19-7)8(2)17-12(18)10-5-9(14)3-4-11(10)15/h3-6,8H,15H2,1-2H3,(H,17,18). The molecule has 0 fully saturated rings. The number of nitrogens with zero attached hydrogens (tertiary/aromatic N) is 1. The molecule has 0 bridgehead atoms. The number of nitrogens with one attached hydrogen (secondary N) is 1. The first-order chi connectivity index (χ1) is 8.97. The predicted octanol–water partition coefficient (Wildman–Crippen LogP) is 2.71. The molecule has 3 N–H and O–H groups in total. The van der Waals surface area contributed by atoms with Crippen LogP contribution in [-0.4, -0.2) is 10.9 Å². The molecule has 1 aromatic heterocycles. The summed E-state index contributed by atoms with van der Waals surface area (Å²) in [6.45, 7) is 3.57. The van der Waals surface area contributed by atoms with Crippen molar-refractivity contribution in [3.05, 3.63) is 46.6 Å². The van der Waals surface area contributed by atoms with E-state index in [2.05, 4.69) is 10.3 Å². The largest absolute Gasteiger partial charge is 0.444 e. The maximum Gasteiger partial charge on any atom is 0.254 e. The average Bonchev–Trinajstić information content (AvgIpc) is 2.79. The molecular formula is C13H14ClN3O2. The lowest BCUT2D eigenvalue weighted by Gasteiger charge is -2.12. The molecule has 0 aliphatic heterocycles. The third kappa shape index (κ3) is 3.06. The average molecular weight is 280 g/mol. The maximum atomic E-state index is 12.1. The zero-order chi connectivity index (χ0) is 14.0. The number of rotatable bonds is 3. The van der Waals surface area contributed by atoms with Gasteiger partial charge in [0, 0.05) is 10.7 Å². The smallest absolute Gasteiger partial charge is 0.254 e. The van der Waals surface area contributed by atoms with Gasteiger partial charge in [-0.05, 0) is 32.0 Å². The Morgan fingerprint density at radius 3 is 2.89 bits per heavy atom. The molecule has 0 radical (unpaired) electrons. The minimum atomic E-state index is -0.348. The zero-order valence-electron chi connectivity index (χ0n) is 10.6. The van der Waals surface area contributed by atoms with Crippen LogP contribution in [0.4, 0.5) is 5.69 Å². The predicted molar refractivity (Wildman–Crippen MR) is 73.0 cm³/mol. The van der Waals surface area contributed by atoms with Gasteiger partial charge in [-0.1, -0.05) is 11.6 Å². The molecule has 0 saturated carbocycles. The van der Waals surface area contributed by atoms with Gasteiger partial charge in [0.05, 0.1) is 11.8 Å². The topological polar surface area (TPSA) is 81.2 Å². The van der Waals surface area contributed by atoms with Crippen molar-refractivity contribution >= 4 is 23.2 Å². The van der Waals surface area contributed by atoms with E-state index in [-0.39, 0.29) is 11.9 Å². The number of amides is 1. The molecule has 0 spiro atoms. The van der Waals surface area contributed by atoms with Crippen LogP contribution in [0.2, 0.25) is 5.02 Å².